The number of sulfonamides is 1. The summed E-state index contributed by atoms with van der Waals surface area (Å²) in [6.45, 7) is 3.03. The molecule has 1 fully saturated rings. The topological polar surface area (TPSA) is 82.6 Å². The Kier molecular flexibility index (Phi) is 10.5. The highest BCUT2D eigenvalue weighted by Crippen LogP contribution is 2.25. The van der Waals surface area contributed by atoms with Gasteiger partial charge in [-0.25, -0.2) is 26.9 Å². The number of halogens is 3. The first kappa shape index (κ1) is 24.0. The molecule has 0 heterocycles. The summed E-state index contributed by atoms with van der Waals surface area (Å²) in [5, 5.41) is 5.85. The summed E-state index contributed by atoms with van der Waals surface area (Å²) in [5.41, 5.74) is 0.136. The molecule has 0 atom stereocenters. The first-order chi connectivity index (χ1) is 12.4. The molecule has 3 N–H and O–H groups in total. The van der Waals surface area contributed by atoms with Crippen molar-refractivity contribution in [2.24, 2.45) is 10.9 Å². The van der Waals surface area contributed by atoms with E-state index >= 15 is 0 Å². The molecule has 6 nitrogen and oxygen atoms in total. The van der Waals surface area contributed by atoms with Crippen LogP contribution < -0.4 is 15.4 Å². The van der Waals surface area contributed by atoms with Crippen molar-refractivity contribution in [3.05, 3.63) is 35.4 Å². The van der Waals surface area contributed by atoms with E-state index in [1.54, 1.807) is 0 Å². The number of rotatable bonds is 9. The second-order valence-electron chi connectivity index (χ2n) is 6.32. The standard InChI is InChI=1S/C17H26F2N4O2S.HI/c1-2-20-17(22-12-14-10-15(18)6-7-16(14)19)21-8-9-26(24,25)23-11-13-4-3-5-13;/h6-7,10,13,23H,2-5,8-9,11-12H2,1H3,(H2,20,21,22);1H. The number of nitrogens with one attached hydrogen (secondary N) is 3. The minimum absolute atomic E-state index is 0. The van der Waals surface area contributed by atoms with Crippen molar-refractivity contribution < 1.29 is 17.2 Å². The van der Waals surface area contributed by atoms with Gasteiger partial charge in [-0.1, -0.05) is 6.42 Å². The van der Waals surface area contributed by atoms with Crippen LogP contribution in [0.4, 0.5) is 8.78 Å². The molecule has 154 valence electrons. The molecule has 0 aliphatic heterocycles. The van der Waals surface area contributed by atoms with E-state index in [2.05, 4.69) is 20.3 Å². The Labute approximate surface area is 176 Å². The van der Waals surface area contributed by atoms with E-state index < -0.39 is 21.7 Å². The zero-order valence-corrected chi connectivity index (χ0v) is 18.4. The Morgan fingerprint density at radius 2 is 2.00 bits per heavy atom. The Morgan fingerprint density at radius 3 is 2.63 bits per heavy atom. The number of hydrogen-bond donors (Lipinski definition) is 3. The van der Waals surface area contributed by atoms with Gasteiger partial charge in [0.15, 0.2) is 5.96 Å². The van der Waals surface area contributed by atoms with E-state index in [1.807, 2.05) is 6.92 Å². The highest BCUT2D eigenvalue weighted by atomic mass is 127. The van der Waals surface area contributed by atoms with Gasteiger partial charge >= 0.3 is 0 Å². The first-order valence-corrected chi connectivity index (χ1v) is 10.5. The second kappa shape index (κ2) is 11.7. The van der Waals surface area contributed by atoms with Crippen molar-refractivity contribution >= 4 is 40.0 Å². The number of hydrogen-bond acceptors (Lipinski definition) is 3. The van der Waals surface area contributed by atoms with Crippen molar-refractivity contribution in [1.29, 1.82) is 0 Å². The Hall–Kier alpha value is -1.01. The lowest BCUT2D eigenvalue weighted by Crippen LogP contribution is -2.42. The molecule has 1 aliphatic carbocycles. The van der Waals surface area contributed by atoms with Crippen LogP contribution in [0.2, 0.25) is 0 Å². The molecule has 2 rings (SSSR count). The van der Waals surface area contributed by atoms with Gasteiger partial charge in [-0.3, -0.25) is 0 Å². The third kappa shape index (κ3) is 8.69. The zero-order valence-electron chi connectivity index (χ0n) is 15.3. The first-order valence-electron chi connectivity index (χ1n) is 8.83. The number of nitrogens with zero attached hydrogens (tertiary/aromatic N) is 1. The number of benzene rings is 1. The molecule has 10 heteroatoms. The Balaban J connectivity index is 0.00000364. The molecule has 0 bridgehead atoms. The van der Waals surface area contributed by atoms with Crippen LogP contribution in [0.15, 0.2) is 23.2 Å². The molecule has 0 aromatic heterocycles. The lowest BCUT2D eigenvalue weighted by Gasteiger charge is -2.25. The molecule has 0 radical (unpaired) electrons. The van der Waals surface area contributed by atoms with Crippen molar-refractivity contribution in [1.82, 2.24) is 15.4 Å². The molecule has 0 saturated heterocycles. The quantitative estimate of drug-likeness (QED) is 0.268. The predicted molar refractivity (Wildman–Crippen MR) is 114 cm³/mol. The van der Waals surface area contributed by atoms with Gasteiger partial charge in [-0.15, -0.1) is 24.0 Å². The Morgan fingerprint density at radius 1 is 1.26 bits per heavy atom. The molecule has 0 spiro atoms. The predicted octanol–water partition coefficient (Wildman–Crippen LogP) is 2.36. The van der Waals surface area contributed by atoms with Crippen LogP contribution in [0.1, 0.15) is 31.7 Å². The molecule has 1 aliphatic rings. The summed E-state index contributed by atoms with van der Waals surface area (Å²) in [6, 6.07) is 3.20. The maximum atomic E-state index is 13.6. The molecule has 0 unspecified atom stereocenters. The summed E-state index contributed by atoms with van der Waals surface area (Å²) < 4.78 is 53.4. The molecular formula is C17H27F2IN4O2S. The van der Waals surface area contributed by atoms with Crippen molar-refractivity contribution in [2.45, 2.75) is 32.7 Å². The van der Waals surface area contributed by atoms with E-state index in [-0.39, 0.29) is 48.4 Å². The summed E-state index contributed by atoms with van der Waals surface area (Å²) >= 11 is 0. The molecule has 27 heavy (non-hydrogen) atoms. The van der Waals surface area contributed by atoms with Gasteiger partial charge in [0.05, 0.1) is 12.3 Å². The van der Waals surface area contributed by atoms with Gasteiger partial charge < -0.3 is 10.6 Å². The van der Waals surface area contributed by atoms with Gasteiger partial charge in [0, 0.05) is 25.2 Å². The maximum absolute atomic E-state index is 13.6. The fourth-order valence-corrected chi connectivity index (χ4v) is 3.49. The lowest BCUT2D eigenvalue weighted by atomic mass is 9.86. The Bertz CT molecular complexity index is 728. The summed E-state index contributed by atoms with van der Waals surface area (Å²) in [6.07, 6.45) is 3.33. The summed E-state index contributed by atoms with van der Waals surface area (Å²) in [5.74, 6) is -0.339. The fourth-order valence-electron chi connectivity index (χ4n) is 2.49. The highest BCUT2D eigenvalue weighted by molar-refractivity contribution is 14.0. The van der Waals surface area contributed by atoms with Crippen LogP contribution in [-0.2, 0) is 16.6 Å². The van der Waals surface area contributed by atoms with E-state index in [1.165, 1.54) is 6.42 Å². The minimum atomic E-state index is -3.35. The largest absolute Gasteiger partial charge is 0.357 e. The molecule has 1 saturated carbocycles. The average molecular weight is 516 g/mol. The monoisotopic (exact) mass is 516 g/mol. The van der Waals surface area contributed by atoms with Crippen LogP contribution >= 0.6 is 24.0 Å². The van der Waals surface area contributed by atoms with Crippen LogP contribution in [-0.4, -0.2) is 39.8 Å². The van der Waals surface area contributed by atoms with E-state index in [0.29, 0.717) is 25.0 Å². The van der Waals surface area contributed by atoms with Crippen LogP contribution in [0.25, 0.3) is 0 Å². The normalized spacial score (nSPS) is 15.0. The van der Waals surface area contributed by atoms with Gasteiger partial charge in [0.1, 0.15) is 11.6 Å². The summed E-state index contributed by atoms with van der Waals surface area (Å²) in [4.78, 5) is 4.17. The van der Waals surface area contributed by atoms with Gasteiger partial charge in [-0.2, -0.15) is 0 Å². The SMILES string of the molecule is CCNC(=NCc1cc(F)ccc1F)NCCS(=O)(=O)NCC1CCC1.I. The molecule has 1 aromatic carbocycles. The molecule has 0 amide bonds. The third-order valence-corrected chi connectivity index (χ3v) is 5.59. The van der Waals surface area contributed by atoms with Crippen molar-refractivity contribution in [2.75, 3.05) is 25.4 Å². The lowest BCUT2D eigenvalue weighted by molar-refractivity contribution is 0.316. The van der Waals surface area contributed by atoms with Gasteiger partial charge in [0.2, 0.25) is 10.0 Å². The average Bonchev–Trinajstić information content (AvgIpc) is 2.53. The molecular weight excluding hydrogens is 489 g/mol. The smallest absolute Gasteiger partial charge is 0.213 e. The number of aliphatic imine (C=N–C) groups is 1. The minimum Gasteiger partial charge on any atom is -0.357 e. The van der Waals surface area contributed by atoms with Gasteiger partial charge in [0.25, 0.3) is 0 Å². The van der Waals surface area contributed by atoms with Crippen LogP contribution in [0, 0.1) is 17.6 Å². The maximum Gasteiger partial charge on any atom is 0.213 e. The zero-order chi connectivity index (χ0) is 19.0. The van der Waals surface area contributed by atoms with Crippen molar-refractivity contribution in [3.63, 3.8) is 0 Å². The van der Waals surface area contributed by atoms with Crippen LogP contribution in [0.5, 0.6) is 0 Å². The second-order valence-corrected chi connectivity index (χ2v) is 8.25. The highest BCUT2D eigenvalue weighted by Gasteiger charge is 2.20. The van der Waals surface area contributed by atoms with E-state index in [9.17, 15) is 17.2 Å². The van der Waals surface area contributed by atoms with E-state index in [4.69, 9.17) is 0 Å². The van der Waals surface area contributed by atoms with Crippen LogP contribution in [0.3, 0.4) is 0 Å². The van der Waals surface area contributed by atoms with Crippen molar-refractivity contribution in [3.8, 4) is 0 Å². The third-order valence-electron chi connectivity index (χ3n) is 4.24. The summed E-state index contributed by atoms with van der Waals surface area (Å²) in [7, 11) is -3.35. The number of guanidine groups is 1. The van der Waals surface area contributed by atoms with Gasteiger partial charge in [-0.05, 0) is 43.9 Å². The molecule has 1 aromatic rings. The fraction of sp³-hybridized carbons (Fsp3) is 0.588. The van der Waals surface area contributed by atoms with E-state index in [0.717, 1.165) is 31.0 Å².